The normalized spacial score (nSPS) is 15.1. The minimum absolute atomic E-state index is 0.159. The predicted molar refractivity (Wildman–Crippen MR) is 105 cm³/mol. The highest BCUT2D eigenvalue weighted by molar-refractivity contribution is 6.14. The predicted octanol–water partition coefficient (Wildman–Crippen LogP) is 4.07. The molecule has 3 rings (SSSR count). The van der Waals surface area contributed by atoms with E-state index < -0.39 is 0 Å². The molecular weight excluding hydrogens is 324 g/mol. The molecule has 1 N–H and O–H groups in total. The van der Waals surface area contributed by atoms with Crippen LogP contribution >= 0.6 is 0 Å². The summed E-state index contributed by atoms with van der Waals surface area (Å²) in [5, 5.41) is 2.87. The maximum Gasteiger partial charge on any atom is 0.275 e. The third kappa shape index (κ3) is 4.20. The molecule has 26 heavy (non-hydrogen) atoms. The number of ether oxygens (including phenoxy) is 1. The molecule has 1 aliphatic heterocycles. The van der Waals surface area contributed by atoms with E-state index in [4.69, 9.17) is 4.74 Å². The number of amidine groups is 1. The van der Waals surface area contributed by atoms with E-state index in [0.717, 1.165) is 24.2 Å². The number of rotatable bonds is 6. The number of amides is 1. The van der Waals surface area contributed by atoms with E-state index in [9.17, 15) is 4.79 Å². The summed E-state index contributed by atoms with van der Waals surface area (Å²) < 4.78 is 5.41. The van der Waals surface area contributed by atoms with Gasteiger partial charge in [-0.1, -0.05) is 42.8 Å². The van der Waals surface area contributed by atoms with Crippen LogP contribution in [-0.2, 0) is 17.6 Å². The van der Waals surface area contributed by atoms with E-state index in [1.165, 1.54) is 16.7 Å². The van der Waals surface area contributed by atoms with Gasteiger partial charge in [0.05, 0.1) is 7.11 Å². The second kappa shape index (κ2) is 8.00. The first-order valence-corrected chi connectivity index (χ1v) is 8.92. The van der Waals surface area contributed by atoms with Gasteiger partial charge in [-0.3, -0.25) is 4.79 Å². The van der Waals surface area contributed by atoms with Crippen LogP contribution in [0.25, 0.3) is 6.08 Å². The molecule has 1 heterocycles. The van der Waals surface area contributed by atoms with Crippen LogP contribution in [0.3, 0.4) is 0 Å². The molecule has 0 spiro atoms. The van der Waals surface area contributed by atoms with Gasteiger partial charge in [-0.2, -0.15) is 0 Å². The van der Waals surface area contributed by atoms with Crippen LogP contribution in [0.4, 0.5) is 0 Å². The van der Waals surface area contributed by atoms with Gasteiger partial charge in [0.15, 0.2) is 0 Å². The van der Waals surface area contributed by atoms with Gasteiger partial charge in [0.2, 0.25) is 0 Å². The zero-order valence-corrected chi connectivity index (χ0v) is 15.5. The maximum atomic E-state index is 12.3. The number of carbonyl (C=O) groups excluding carboxylic acids is 1. The number of aryl methyl sites for hydroxylation is 3. The van der Waals surface area contributed by atoms with Crippen LogP contribution in [0.2, 0.25) is 0 Å². The highest BCUT2D eigenvalue weighted by Crippen LogP contribution is 2.24. The number of nitrogens with one attached hydrogen (secondary N) is 1. The Labute approximate surface area is 154 Å². The first-order valence-electron chi connectivity index (χ1n) is 8.92. The van der Waals surface area contributed by atoms with Crippen molar-refractivity contribution >= 4 is 17.8 Å². The van der Waals surface area contributed by atoms with Crippen LogP contribution in [0.15, 0.2) is 53.2 Å². The summed E-state index contributed by atoms with van der Waals surface area (Å²) in [6, 6.07) is 14.4. The molecule has 134 valence electrons. The van der Waals surface area contributed by atoms with Crippen LogP contribution in [0, 0.1) is 6.92 Å². The van der Waals surface area contributed by atoms with Crippen LogP contribution in [0.5, 0.6) is 5.75 Å². The molecule has 0 unspecified atom stereocenters. The largest absolute Gasteiger partial charge is 0.496 e. The third-order valence-electron chi connectivity index (χ3n) is 4.51. The van der Waals surface area contributed by atoms with Gasteiger partial charge in [-0.05, 0) is 49.1 Å². The van der Waals surface area contributed by atoms with Gasteiger partial charge in [-0.15, -0.1) is 0 Å². The molecule has 0 bridgehead atoms. The summed E-state index contributed by atoms with van der Waals surface area (Å²) in [6.45, 7) is 4.17. The Kier molecular flexibility index (Phi) is 5.52. The zero-order valence-electron chi connectivity index (χ0n) is 15.5. The van der Waals surface area contributed by atoms with Crippen molar-refractivity contribution in [2.24, 2.45) is 4.99 Å². The lowest BCUT2D eigenvalue weighted by Crippen LogP contribution is -2.24. The summed E-state index contributed by atoms with van der Waals surface area (Å²) in [5.74, 6) is 1.30. The van der Waals surface area contributed by atoms with Crippen molar-refractivity contribution in [3.8, 4) is 5.75 Å². The van der Waals surface area contributed by atoms with Crippen LogP contribution in [-0.4, -0.2) is 18.9 Å². The zero-order chi connectivity index (χ0) is 18.5. The summed E-state index contributed by atoms with van der Waals surface area (Å²) in [5.41, 5.74) is 4.98. The van der Waals surface area contributed by atoms with Crippen molar-refractivity contribution in [3.05, 3.63) is 70.4 Å². The van der Waals surface area contributed by atoms with Crippen molar-refractivity contribution in [2.75, 3.05) is 7.11 Å². The highest BCUT2D eigenvalue weighted by Gasteiger charge is 2.20. The van der Waals surface area contributed by atoms with E-state index in [0.29, 0.717) is 18.0 Å². The van der Waals surface area contributed by atoms with Crippen molar-refractivity contribution < 1.29 is 9.53 Å². The van der Waals surface area contributed by atoms with E-state index in [1.54, 1.807) is 13.2 Å². The number of methoxy groups -OCH3 is 1. The van der Waals surface area contributed by atoms with E-state index in [1.807, 2.05) is 18.2 Å². The lowest BCUT2D eigenvalue weighted by atomic mass is 10.1. The first kappa shape index (κ1) is 17.9. The molecule has 0 saturated heterocycles. The number of carbonyl (C=O) groups is 1. The Balaban J connectivity index is 1.77. The average molecular weight is 348 g/mol. The van der Waals surface area contributed by atoms with E-state index in [2.05, 4.69) is 48.4 Å². The second-order valence-electron chi connectivity index (χ2n) is 6.46. The van der Waals surface area contributed by atoms with E-state index in [-0.39, 0.29) is 5.91 Å². The standard InChI is InChI=1S/C22H24N2O2/c1-4-16-9-11-20(26-3)18(13-16)14-19-22(25)24-21(23-19)12-10-17-7-5-15(2)6-8-17/h5-9,11,13-14H,4,10,12H2,1-3H3,(H,23,24,25)/b19-14+. The maximum absolute atomic E-state index is 12.3. The number of hydrogen-bond donors (Lipinski definition) is 1. The lowest BCUT2D eigenvalue weighted by molar-refractivity contribution is -0.115. The van der Waals surface area contributed by atoms with Crippen LogP contribution in [0.1, 0.15) is 35.6 Å². The highest BCUT2D eigenvalue weighted by atomic mass is 16.5. The van der Waals surface area contributed by atoms with Gasteiger partial charge < -0.3 is 10.1 Å². The SMILES string of the molecule is CCc1ccc(OC)c(/C=C2/N=C(CCc3ccc(C)cc3)NC2=O)c1. The molecule has 1 aliphatic rings. The summed E-state index contributed by atoms with van der Waals surface area (Å²) in [6.07, 6.45) is 4.28. The molecule has 2 aromatic carbocycles. The molecule has 1 amide bonds. The quantitative estimate of drug-likeness (QED) is 0.800. The van der Waals surface area contributed by atoms with Crippen molar-refractivity contribution in [1.82, 2.24) is 5.32 Å². The Morgan fingerprint density at radius 3 is 2.50 bits per heavy atom. The average Bonchev–Trinajstić information content (AvgIpc) is 3.00. The Bertz CT molecular complexity index is 864. The molecule has 0 saturated carbocycles. The Morgan fingerprint density at radius 2 is 1.81 bits per heavy atom. The Hall–Kier alpha value is -2.88. The van der Waals surface area contributed by atoms with Gasteiger partial charge in [0.25, 0.3) is 5.91 Å². The van der Waals surface area contributed by atoms with Gasteiger partial charge in [-0.25, -0.2) is 4.99 Å². The van der Waals surface area contributed by atoms with Crippen molar-refractivity contribution in [3.63, 3.8) is 0 Å². The van der Waals surface area contributed by atoms with Gasteiger partial charge in [0, 0.05) is 12.0 Å². The molecule has 0 fully saturated rings. The fourth-order valence-electron chi connectivity index (χ4n) is 2.92. The second-order valence-corrected chi connectivity index (χ2v) is 6.46. The van der Waals surface area contributed by atoms with E-state index >= 15 is 0 Å². The number of nitrogens with zero attached hydrogens (tertiary/aromatic N) is 1. The fourth-order valence-corrected chi connectivity index (χ4v) is 2.92. The minimum Gasteiger partial charge on any atom is -0.496 e. The third-order valence-corrected chi connectivity index (χ3v) is 4.51. The molecule has 0 aliphatic carbocycles. The number of aliphatic imine (C=N–C) groups is 1. The molecule has 2 aromatic rings. The number of benzene rings is 2. The molecule has 0 radical (unpaired) electrons. The lowest BCUT2D eigenvalue weighted by Gasteiger charge is -2.07. The minimum atomic E-state index is -0.159. The first-order chi connectivity index (χ1) is 12.6. The molecule has 4 heteroatoms. The molecular formula is C22H24N2O2. The molecule has 4 nitrogen and oxygen atoms in total. The summed E-state index contributed by atoms with van der Waals surface area (Å²) in [7, 11) is 1.63. The summed E-state index contributed by atoms with van der Waals surface area (Å²) in [4.78, 5) is 16.8. The van der Waals surface area contributed by atoms with Crippen LogP contribution < -0.4 is 10.1 Å². The van der Waals surface area contributed by atoms with Gasteiger partial charge in [0.1, 0.15) is 17.3 Å². The smallest absolute Gasteiger partial charge is 0.275 e. The topological polar surface area (TPSA) is 50.7 Å². The van der Waals surface area contributed by atoms with Gasteiger partial charge >= 0.3 is 0 Å². The molecule has 0 aromatic heterocycles. The van der Waals surface area contributed by atoms with Crippen molar-refractivity contribution in [2.45, 2.75) is 33.1 Å². The summed E-state index contributed by atoms with van der Waals surface area (Å²) >= 11 is 0. The van der Waals surface area contributed by atoms with Crippen molar-refractivity contribution in [1.29, 1.82) is 0 Å². The fraction of sp³-hybridized carbons (Fsp3) is 0.273. The number of hydrogen-bond acceptors (Lipinski definition) is 3. The monoisotopic (exact) mass is 348 g/mol. The molecule has 0 atom stereocenters. The Morgan fingerprint density at radius 1 is 1.08 bits per heavy atom.